The van der Waals surface area contributed by atoms with Crippen LogP contribution in [0.2, 0.25) is 0 Å². The molecule has 0 radical (unpaired) electrons. The molecule has 1 heterocycles. The van der Waals surface area contributed by atoms with Gasteiger partial charge in [0.1, 0.15) is 18.1 Å². The summed E-state index contributed by atoms with van der Waals surface area (Å²) in [5.74, 6) is 0.994. The number of carbonyl (C=O) groups is 1. The number of methoxy groups -OCH3 is 1. The zero-order chi connectivity index (χ0) is 23.2. The van der Waals surface area contributed by atoms with Crippen molar-refractivity contribution in [2.75, 3.05) is 17.7 Å². The van der Waals surface area contributed by atoms with Gasteiger partial charge in [0.25, 0.3) is 0 Å². The normalized spacial score (nSPS) is 10.7. The van der Waals surface area contributed by atoms with Gasteiger partial charge in [0.2, 0.25) is 5.91 Å². The number of rotatable bonds is 8. The van der Waals surface area contributed by atoms with E-state index < -0.39 is 5.69 Å². The molecule has 0 aliphatic heterocycles. The van der Waals surface area contributed by atoms with E-state index in [-0.39, 0.29) is 12.5 Å². The summed E-state index contributed by atoms with van der Waals surface area (Å²) in [7, 11) is 1.63. The van der Waals surface area contributed by atoms with Crippen LogP contribution in [0.15, 0.2) is 77.6 Å². The van der Waals surface area contributed by atoms with Crippen LogP contribution < -0.4 is 21.1 Å². The molecule has 0 spiro atoms. The molecule has 0 saturated carbocycles. The number of nitrogens with one attached hydrogen (secondary N) is 2. The fourth-order valence-electron chi connectivity index (χ4n) is 3.73. The fourth-order valence-corrected chi connectivity index (χ4v) is 3.73. The Bertz CT molecular complexity index is 1330. The number of fused-ring (bicyclic) bond motifs is 1. The van der Waals surface area contributed by atoms with Crippen LogP contribution in [0.5, 0.6) is 5.75 Å². The average Bonchev–Trinajstić information content (AvgIpc) is 2.85. The summed E-state index contributed by atoms with van der Waals surface area (Å²) in [6, 6.07) is 22.8. The number of amides is 1. The lowest BCUT2D eigenvalue weighted by Crippen LogP contribution is -2.30. The molecule has 0 unspecified atom stereocenters. The summed E-state index contributed by atoms with van der Waals surface area (Å²) >= 11 is 0. The van der Waals surface area contributed by atoms with Gasteiger partial charge in [-0.1, -0.05) is 49.4 Å². The number of para-hydroxylation sites is 2. The monoisotopic (exact) mass is 442 g/mol. The first kappa shape index (κ1) is 22.1. The van der Waals surface area contributed by atoms with Crippen molar-refractivity contribution in [2.45, 2.75) is 26.4 Å². The molecule has 1 aromatic heterocycles. The second-order valence-electron chi connectivity index (χ2n) is 7.61. The number of benzene rings is 3. The molecule has 2 N–H and O–H groups in total. The lowest BCUT2D eigenvalue weighted by Gasteiger charge is -2.15. The third-order valence-electron chi connectivity index (χ3n) is 5.48. The van der Waals surface area contributed by atoms with Crippen LogP contribution in [0, 0.1) is 0 Å². The number of aryl methyl sites for hydroxylation is 1. The highest BCUT2D eigenvalue weighted by molar-refractivity contribution is 5.94. The summed E-state index contributed by atoms with van der Waals surface area (Å²) in [5, 5.41) is 6.94. The summed E-state index contributed by atoms with van der Waals surface area (Å²) in [6.07, 6.45) is 0.801. The summed E-state index contributed by atoms with van der Waals surface area (Å²) < 4.78 is 6.59. The highest BCUT2D eigenvalue weighted by Gasteiger charge is 2.14. The van der Waals surface area contributed by atoms with E-state index >= 15 is 0 Å². The first-order valence-corrected chi connectivity index (χ1v) is 10.8. The summed E-state index contributed by atoms with van der Waals surface area (Å²) in [4.78, 5) is 29.9. The van der Waals surface area contributed by atoms with E-state index in [1.807, 2.05) is 79.7 Å². The largest absolute Gasteiger partial charge is 0.497 e. The van der Waals surface area contributed by atoms with Gasteiger partial charge >= 0.3 is 5.69 Å². The van der Waals surface area contributed by atoms with Gasteiger partial charge in [-0.15, -0.1) is 0 Å². The van der Waals surface area contributed by atoms with Crippen LogP contribution in [0.3, 0.4) is 0 Å². The average molecular weight is 443 g/mol. The van der Waals surface area contributed by atoms with Gasteiger partial charge in [-0.3, -0.25) is 9.36 Å². The zero-order valence-electron chi connectivity index (χ0n) is 18.7. The Morgan fingerprint density at radius 2 is 1.73 bits per heavy atom. The van der Waals surface area contributed by atoms with E-state index in [9.17, 15) is 9.59 Å². The molecule has 0 saturated heterocycles. The molecule has 4 rings (SSSR count). The molecule has 33 heavy (non-hydrogen) atoms. The Morgan fingerprint density at radius 1 is 1.00 bits per heavy atom. The van der Waals surface area contributed by atoms with Crippen LogP contribution in [0.4, 0.5) is 11.5 Å². The zero-order valence-corrected chi connectivity index (χ0v) is 18.7. The lowest BCUT2D eigenvalue weighted by atomic mass is 10.1. The molecule has 0 atom stereocenters. The Kier molecular flexibility index (Phi) is 6.69. The number of hydrogen-bond acceptors (Lipinski definition) is 5. The number of ether oxygens (including phenoxy) is 1. The van der Waals surface area contributed by atoms with Gasteiger partial charge in [0.15, 0.2) is 0 Å². The van der Waals surface area contributed by atoms with Gasteiger partial charge in [-0.25, -0.2) is 4.79 Å². The van der Waals surface area contributed by atoms with E-state index in [0.717, 1.165) is 34.4 Å². The molecular formula is C26H26N4O3. The quantitative estimate of drug-likeness (QED) is 0.427. The first-order valence-electron chi connectivity index (χ1n) is 10.8. The second-order valence-corrected chi connectivity index (χ2v) is 7.61. The summed E-state index contributed by atoms with van der Waals surface area (Å²) in [5.41, 5.74) is 2.99. The van der Waals surface area contributed by atoms with Crippen LogP contribution >= 0.6 is 0 Å². The smallest absolute Gasteiger partial charge is 0.350 e. The molecule has 7 nitrogen and oxygen atoms in total. The van der Waals surface area contributed by atoms with Crippen LogP contribution in [0.1, 0.15) is 18.1 Å². The number of aromatic nitrogens is 2. The predicted molar refractivity (Wildman–Crippen MR) is 131 cm³/mol. The minimum atomic E-state index is -0.482. The third-order valence-corrected chi connectivity index (χ3v) is 5.48. The van der Waals surface area contributed by atoms with Crippen molar-refractivity contribution in [3.05, 3.63) is 94.4 Å². The van der Waals surface area contributed by atoms with Crippen molar-refractivity contribution < 1.29 is 9.53 Å². The Balaban J connectivity index is 1.58. The maximum atomic E-state index is 12.9. The van der Waals surface area contributed by atoms with E-state index in [2.05, 4.69) is 15.6 Å². The van der Waals surface area contributed by atoms with Crippen molar-refractivity contribution >= 4 is 28.3 Å². The van der Waals surface area contributed by atoms with Crippen molar-refractivity contribution in [3.63, 3.8) is 0 Å². The van der Waals surface area contributed by atoms with E-state index in [0.29, 0.717) is 17.9 Å². The van der Waals surface area contributed by atoms with E-state index in [4.69, 9.17) is 4.74 Å². The molecule has 4 aromatic rings. The van der Waals surface area contributed by atoms with E-state index in [1.54, 1.807) is 7.11 Å². The second kappa shape index (κ2) is 9.99. The fraction of sp³-hybridized carbons (Fsp3) is 0.192. The maximum Gasteiger partial charge on any atom is 0.350 e. The van der Waals surface area contributed by atoms with Crippen molar-refractivity contribution in [1.82, 2.24) is 9.55 Å². The van der Waals surface area contributed by atoms with Gasteiger partial charge in [0.05, 0.1) is 12.6 Å². The van der Waals surface area contributed by atoms with Gasteiger partial charge < -0.3 is 15.4 Å². The standard InChI is InChI=1S/C26H26N4O3/c1-3-19-8-4-6-10-22(19)28-24(31)17-30-23-11-7-5-9-21(23)25(29-26(30)32)27-16-18-12-14-20(33-2)15-13-18/h4-15H,3,16-17H2,1-2H3,(H,28,31)(H,27,29,32). The predicted octanol–water partition coefficient (Wildman–Crippen LogP) is 4.22. The summed E-state index contributed by atoms with van der Waals surface area (Å²) in [6.45, 7) is 2.41. The molecule has 0 bridgehead atoms. The van der Waals surface area contributed by atoms with Crippen LogP contribution in [-0.4, -0.2) is 22.6 Å². The lowest BCUT2D eigenvalue weighted by molar-refractivity contribution is -0.116. The van der Waals surface area contributed by atoms with Gasteiger partial charge in [0, 0.05) is 17.6 Å². The minimum Gasteiger partial charge on any atom is -0.497 e. The molecule has 0 aliphatic rings. The highest BCUT2D eigenvalue weighted by atomic mass is 16.5. The molecule has 0 aliphatic carbocycles. The molecule has 3 aromatic carbocycles. The number of nitrogens with zero attached hydrogens (tertiary/aromatic N) is 2. The van der Waals surface area contributed by atoms with Crippen molar-refractivity contribution in [2.24, 2.45) is 0 Å². The Hall–Kier alpha value is -4.13. The van der Waals surface area contributed by atoms with Crippen molar-refractivity contribution in [1.29, 1.82) is 0 Å². The number of anilines is 2. The van der Waals surface area contributed by atoms with E-state index in [1.165, 1.54) is 4.57 Å². The molecule has 7 heteroatoms. The Morgan fingerprint density at radius 3 is 2.48 bits per heavy atom. The van der Waals surface area contributed by atoms with Gasteiger partial charge in [-0.05, 0) is 47.9 Å². The van der Waals surface area contributed by atoms with Crippen LogP contribution in [-0.2, 0) is 24.3 Å². The Labute approximate surface area is 192 Å². The first-order chi connectivity index (χ1) is 16.1. The topological polar surface area (TPSA) is 85.2 Å². The number of carbonyl (C=O) groups excluding carboxylic acids is 1. The third kappa shape index (κ3) is 5.03. The highest BCUT2D eigenvalue weighted by Crippen LogP contribution is 2.21. The molecule has 1 amide bonds. The van der Waals surface area contributed by atoms with Gasteiger partial charge in [-0.2, -0.15) is 4.98 Å². The van der Waals surface area contributed by atoms with Crippen molar-refractivity contribution in [3.8, 4) is 5.75 Å². The molecule has 168 valence electrons. The SMILES string of the molecule is CCc1ccccc1NC(=O)Cn1c(=O)nc(NCc2ccc(OC)cc2)c2ccccc21. The molecular weight excluding hydrogens is 416 g/mol. The number of hydrogen-bond donors (Lipinski definition) is 2. The minimum absolute atomic E-state index is 0.122. The molecule has 0 fully saturated rings. The maximum absolute atomic E-state index is 12.9. The van der Waals surface area contributed by atoms with Crippen LogP contribution in [0.25, 0.3) is 10.9 Å².